The molecule has 0 bridgehead atoms. The van der Waals surface area contributed by atoms with E-state index in [0.717, 1.165) is 18.0 Å². The lowest BCUT2D eigenvalue weighted by Crippen LogP contribution is -2.38. The predicted molar refractivity (Wildman–Crippen MR) is 94.7 cm³/mol. The first-order chi connectivity index (χ1) is 10.7. The number of methoxy groups -OCH3 is 1. The van der Waals surface area contributed by atoms with E-state index in [-0.39, 0.29) is 11.1 Å². The topological polar surface area (TPSA) is 30.3 Å². The fourth-order valence-corrected chi connectivity index (χ4v) is 2.61. The van der Waals surface area contributed by atoms with Gasteiger partial charge in [-0.1, -0.05) is 18.2 Å². The molecule has 2 rings (SSSR count). The first-order valence-electron chi connectivity index (χ1n) is 8.04. The zero-order valence-corrected chi connectivity index (χ0v) is 15.4. The van der Waals surface area contributed by atoms with Crippen molar-refractivity contribution in [3.05, 3.63) is 48.0 Å². The average Bonchev–Trinajstić information content (AvgIpc) is 2.95. The van der Waals surface area contributed by atoms with Gasteiger partial charge >= 0.3 is 0 Å². The fraction of sp³-hybridized carbons (Fsp3) is 0.526. The highest BCUT2D eigenvalue weighted by atomic mass is 16.5. The highest BCUT2D eigenvalue weighted by molar-refractivity contribution is 5.38. The number of imidazole rings is 1. The van der Waals surface area contributed by atoms with Crippen molar-refractivity contribution in [1.82, 2.24) is 14.5 Å². The zero-order chi connectivity index (χ0) is 17.3. The molecule has 0 fully saturated rings. The number of aromatic nitrogens is 2. The summed E-state index contributed by atoms with van der Waals surface area (Å²) in [6, 6.07) is 8.20. The first kappa shape index (κ1) is 17.5. The van der Waals surface area contributed by atoms with E-state index < -0.39 is 0 Å². The Labute approximate surface area is 140 Å². The largest absolute Gasteiger partial charge is 0.496 e. The molecule has 0 radical (unpaired) electrons. The number of ether oxygens (including phenoxy) is 1. The summed E-state index contributed by atoms with van der Waals surface area (Å²) in [5, 5.41) is 0. The molecule has 0 aliphatic carbocycles. The summed E-state index contributed by atoms with van der Waals surface area (Å²) in [4.78, 5) is 6.87. The molecule has 4 nitrogen and oxygen atoms in total. The van der Waals surface area contributed by atoms with Crippen LogP contribution in [0.2, 0.25) is 0 Å². The number of hydrogen-bond donors (Lipinski definition) is 0. The maximum Gasteiger partial charge on any atom is 0.123 e. The van der Waals surface area contributed by atoms with Crippen molar-refractivity contribution in [2.45, 2.75) is 52.2 Å². The minimum atomic E-state index is -0.155. The highest BCUT2D eigenvalue weighted by Gasteiger charge is 2.29. The number of rotatable bonds is 5. The predicted octanol–water partition coefficient (Wildman–Crippen LogP) is 4.01. The van der Waals surface area contributed by atoms with E-state index in [4.69, 9.17) is 4.74 Å². The Balaban J connectivity index is 2.22. The van der Waals surface area contributed by atoms with E-state index in [9.17, 15) is 0 Å². The van der Waals surface area contributed by atoms with Gasteiger partial charge in [0.05, 0.1) is 19.1 Å². The molecule has 0 atom stereocenters. The van der Waals surface area contributed by atoms with Crippen LogP contribution in [0, 0.1) is 0 Å². The van der Waals surface area contributed by atoms with Crippen LogP contribution in [0.15, 0.2) is 36.8 Å². The third-order valence-electron chi connectivity index (χ3n) is 4.53. The van der Waals surface area contributed by atoms with E-state index in [1.54, 1.807) is 7.11 Å². The number of para-hydroxylation sites is 1. The van der Waals surface area contributed by atoms with Crippen molar-refractivity contribution in [3.63, 3.8) is 0 Å². The SMILES string of the molecule is COc1ccccc1C(C)(C)N(C)Cc1cn(C(C)(C)C)cn1. The lowest BCUT2D eigenvalue weighted by Gasteiger charge is -2.36. The van der Waals surface area contributed by atoms with Gasteiger partial charge in [-0.15, -0.1) is 0 Å². The standard InChI is InChI=1S/C19H29N3O/c1-18(2,3)22-13-15(20-14-22)12-21(6)19(4,5)16-10-8-9-11-17(16)23-7/h8-11,13-14H,12H2,1-7H3. The highest BCUT2D eigenvalue weighted by Crippen LogP contribution is 2.34. The Morgan fingerprint density at radius 1 is 1.13 bits per heavy atom. The first-order valence-corrected chi connectivity index (χ1v) is 8.04. The normalized spacial score (nSPS) is 12.7. The second kappa shape index (κ2) is 6.36. The van der Waals surface area contributed by atoms with Crippen LogP contribution >= 0.6 is 0 Å². The van der Waals surface area contributed by atoms with Crippen molar-refractivity contribution >= 4 is 0 Å². The lowest BCUT2D eigenvalue weighted by atomic mass is 9.91. The molecule has 0 saturated heterocycles. The summed E-state index contributed by atoms with van der Waals surface area (Å²) < 4.78 is 7.69. The van der Waals surface area contributed by atoms with E-state index in [1.165, 1.54) is 5.56 Å². The van der Waals surface area contributed by atoms with Crippen LogP contribution in [0.1, 0.15) is 45.9 Å². The van der Waals surface area contributed by atoms with Crippen LogP contribution in [-0.4, -0.2) is 28.6 Å². The fourth-order valence-electron chi connectivity index (χ4n) is 2.61. The second-order valence-corrected chi connectivity index (χ2v) is 7.56. The van der Waals surface area contributed by atoms with Gasteiger partial charge in [-0.05, 0) is 47.7 Å². The van der Waals surface area contributed by atoms with Crippen LogP contribution in [0.4, 0.5) is 0 Å². The van der Waals surface area contributed by atoms with Crippen LogP contribution in [0.3, 0.4) is 0 Å². The molecule has 1 aromatic heterocycles. The van der Waals surface area contributed by atoms with Gasteiger partial charge in [-0.2, -0.15) is 0 Å². The summed E-state index contributed by atoms with van der Waals surface area (Å²) in [6.07, 6.45) is 4.05. The van der Waals surface area contributed by atoms with Crippen molar-refractivity contribution in [2.24, 2.45) is 0 Å². The molecule has 1 aromatic carbocycles. The van der Waals surface area contributed by atoms with E-state index >= 15 is 0 Å². The van der Waals surface area contributed by atoms with Gasteiger partial charge in [0.1, 0.15) is 5.75 Å². The molecule has 0 aliphatic rings. The van der Waals surface area contributed by atoms with Crippen LogP contribution in [0.25, 0.3) is 0 Å². The second-order valence-electron chi connectivity index (χ2n) is 7.56. The Morgan fingerprint density at radius 2 is 1.78 bits per heavy atom. The Morgan fingerprint density at radius 3 is 2.35 bits per heavy atom. The van der Waals surface area contributed by atoms with Gasteiger partial charge in [0.2, 0.25) is 0 Å². The van der Waals surface area contributed by atoms with Crippen molar-refractivity contribution in [2.75, 3.05) is 14.2 Å². The van der Waals surface area contributed by atoms with E-state index in [2.05, 4.69) is 74.4 Å². The van der Waals surface area contributed by atoms with Gasteiger partial charge in [-0.25, -0.2) is 4.98 Å². The molecular formula is C19H29N3O. The molecular weight excluding hydrogens is 286 g/mol. The van der Waals surface area contributed by atoms with Gasteiger partial charge in [-0.3, -0.25) is 4.90 Å². The lowest BCUT2D eigenvalue weighted by molar-refractivity contribution is 0.142. The number of benzene rings is 1. The average molecular weight is 315 g/mol. The third kappa shape index (κ3) is 3.75. The van der Waals surface area contributed by atoms with Crippen LogP contribution in [-0.2, 0) is 17.6 Å². The van der Waals surface area contributed by atoms with Crippen LogP contribution < -0.4 is 4.74 Å². The van der Waals surface area contributed by atoms with Crippen molar-refractivity contribution in [1.29, 1.82) is 0 Å². The summed E-state index contributed by atoms with van der Waals surface area (Å²) in [5.74, 6) is 0.921. The van der Waals surface area contributed by atoms with Gasteiger partial charge in [0.25, 0.3) is 0 Å². The Hall–Kier alpha value is -1.81. The molecule has 2 aromatic rings. The van der Waals surface area contributed by atoms with Crippen LogP contribution in [0.5, 0.6) is 5.75 Å². The van der Waals surface area contributed by atoms with Gasteiger partial charge in [0, 0.05) is 29.4 Å². The Bertz CT molecular complexity index is 653. The van der Waals surface area contributed by atoms with Crippen molar-refractivity contribution in [3.8, 4) is 5.75 Å². The molecule has 0 aliphatic heterocycles. The smallest absolute Gasteiger partial charge is 0.123 e. The third-order valence-corrected chi connectivity index (χ3v) is 4.53. The molecule has 0 N–H and O–H groups in total. The van der Waals surface area contributed by atoms with Gasteiger partial charge in [0.15, 0.2) is 0 Å². The molecule has 4 heteroatoms. The molecule has 0 saturated carbocycles. The Kier molecular flexibility index (Phi) is 4.85. The summed E-state index contributed by atoms with van der Waals surface area (Å²) in [5.41, 5.74) is 2.16. The number of hydrogen-bond acceptors (Lipinski definition) is 3. The number of nitrogens with zero attached hydrogens (tertiary/aromatic N) is 3. The summed E-state index contributed by atoms with van der Waals surface area (Å²) in [7, 11) is 3.85. The maximum absolute atomic E-state index is 5.53. The molecule has 0 amide bonds. The summed E-state index contributed by atoms with van der Waals surface area (Å²) >= 11 is 0. The quantitative estimate of drug-likeness (QED) is 0.835. The monoisotopic (exact) mass is 315 g/mol. The maximum atomic E-state index is 5.53. The van der Waals surface area contributed by atoms with Crippen molar-refractivity contribution < 1.29 is 4.74 Å². The minimum absolute atomic E-state index is 0.0575. The summed E-state index contributed by atoms with van der Waals surface area (Å²) in [6.45, 7) is 11.8. The molecule has 126 valence electrons. The minimum Gasteiger partial charge on any atom is -0.496 e. The molecule has 0 spiro atoms. The van der Waals surface area contributed by atoms with E-state index in [1.807, 2.05) is 18.5 Å². The molecule has 0 unspecified atom stereocenters. The zero-order valence-electron chi connectivity index (χ0n) is 15.4. The molecule has 23 heavy (non-hydrogen) atoms. The molecule has 1 heterocycles. The van der Waals surface area contributed by atoms with E-state index in [0.29, 0.717) is 0 Å². The van der Waals surface area contributed by atoms with Gasteiger partial charge < -0.3 is 9.30 Å².